The van der Waals surface area contributed by atoms with E-state index in [9.17, 15) is 4.79 Å². The molecule has 0 aromatic heterocycles. The van der Waals surface area contributed by atoms with Crippen LogP contribution in [0.25, 0.3) is 0 Å². The van der Waals surface area contributed by atoms with Gasteiger partial charge in [0.2, 0.25) is 0 Å². The molecule has 0 aliphatic carbocycles. The van der Waals surface area contributed by atoms with E-state index in [1.165, 1.54) is 7.11 Å². The normalized spacial score (nSPS) is 9.18. The Balaban J connectivity index is 3.24. The first-order valence-corrected chi connectivity index (χ1v) is 5.10. The van der Waals surface area contributed by atoms with Crippen molar-refractivity contribution in [3.8, 4) is 23.8 Å². The number of hydrogen-bond acceptors (Lipinski definition) is 3. The highest BCUT2D eigenvalue weighted by molar-refractivity contribution is 5.77. The summed E-state index contributed by atoms with van der Waals surface area (Å²) in [5, 5.41) is 0. The standard InChI is InChI=1S/C14H14O3/c1-4-6-12-8-11(10-15)9-13(16-3)14(12)17-7-5-2/h2,4,8-10H,1,6-7H2,3H3. The second kappa shape index (κ2) is 6.39. The second-order valence-electron chi connectivity index (χ2n) is 3.31. The van der Waals surface area contributed by atoms with E-state index in [0.717, 1.165) is 11.8 Å². The first-order valence-electron chi connectivity index (χ1n) is 5.10. The number of terminal acetylenes is 1. The highest BCUT2D eigenvalue weighted by Crippen LogP contribution is 2.33. The highest BCUT2D eigenvalue weighted by Gasteiger charge is 2.12. The molecule has 1 aromatic carbocycles. The second-order valence-corrected chi connectivity index (χ2v) is 3.31. The van der Waals surface area contributed by atoms with Gasteiger partial charge in [-0.25, -0.2) is 0 Å². The lowest BCUT2D eigenvalue weighted by atomic mass is 10.1. The van der Waals surface area contributed by atoms with E-state index in [0.29, 0.717) is 23.5 Å². The fraction of sp³-hybridized carbons (Fsp3) is 0.214. The van der Waals surface area contributed by atoms with E-state index in [-0.39, 0.29) is 6.61 Å². The average molecular weight is 230 g/mol. The van der Waals surface area contributed by atoms with E-state index in [4.69, 9.17) is 15.9 Å². The average Bonchev–Trinajstić information content (AvgIpc) is 2.36. The molecular weight excluding hydrogens is 216 g/mol. The third kappa shape index (κ3) is 3.12. The fourth-order valence-corrected chi connectivity index (χ4v) is 1.49. The maximum absolute atomic E-state index is 10.8. The first kappa shape index (κ1) is 12.9. The number of allylic oxidation sites excluding steroid dienone is 1. The molecule has 0 N–H and O–H groups in total. The third-order valence-electron chi connectivity index (χ3n) is 2.17. The summed E-state index contributed by atoms with van der Waals surface area (Å²) in [6.07, 6.45) is 8.23. The molecule has 0 bridgehead atoms. The smallest absolute Gasteiger partial charge is 0.166 e. The predicted octanol–water partition coefficient (Wildman–Crippen LogP) is 2.25. The van der Waals surface area contributed by atoms with E-state index in [1.54, 1.807) is 18.2 Å². The summed E-state index contributed by atoms with van der Waals surface area (Å²) >= 11 is 0. The van der Waals surface area contributed by atoms with Crippen LogP contribution in [0.15, 0.2) is 24.8 Å². The first-order chi connectivity index (χ1) is 8.26. The summed E-state index contributed by atoms with van der Waals surface area (Å²) in [7, 11) is 1.52. The summed E-state index contributed by atoms with van der Waals surface area (Å²) in [4.78, 5) is 10.8. The van der Waals surface area contributed by atoms with Gasteiger partial charge >= 0.3 is 0 Å². The molecular formula is C14H14O3. The monoisotopic (exact) mass is 230 g/mol. The quantitative estimate of drug-likeness (QED) is 0.427. The zero-order valence-electron chi connectivity index (χ0n) is 9.73. The zero-order chi connectivity index (χ0) is 12.7. The number of ether oxygens (including phenoxy) is 2. The molecule has 0 fully saturated rings. The van der Waals surface area contributed by atoms with Crippen LogP contribution in [0.1, 0.15) is 15.9 Å². The van der Waals surface area contributed by atoms with Crippen molar-refractivity contribution < 1.29 is 14.3 Å². The van der Waals surface area contributed by atoms with Crippen molar-refractivity contribution in [3.63, 3.8) is 0 Å². The van der Waals surface area contributed by atoms with Gasteiger partial charge in [-0.05, 0) is 18.6 Å². The van der Waals surface area contributed by atoms with Gasteiger partial charge in [0, 0.05) is 11.1 Å². The van der Waals surface area contributed by atoms with Crippen molar-refractivity contribution in [2.45, 2.75) is 6.42 Å². The van der Waals surface area contributed by atoms with Crippen molar-refractivity contribution >= 4 is 6.29 Å². The molecule has 0 aliphatic rings. The Morgan fingerprint density at radius 1 is 1.53 bits per heavy atom. The summed E-state index contributed by atoms with van der Waals surface area (Å²) in [6.45, 7) is 3.82. The van der Waals surface area contributed by atoms with Crippen LogP contribution in [0.4, 0.5) is 0 Å². The largest absolute Gasteiger partial charge is 0.493 e. The van der Waals surface area contributed by atoms with E-state index in [2.05, 4.69) is 12.5 Å². The predicted molar refractivity (Wildman–Crippen MR) is 66.6 cm³/mol. The molecule has 88 valence electrons. The molecule has 3 nitrogen and oxygen atoms in total. The maximum atomic E-state index is 10.8. The highest BCUT2D eigenvalue weighted by atomic mass is 16.5. The SMILES string of the molecule is C#CCOc1c(CC=C)cc(C=O)cc1OC. The molecule has 0 radical (unpaired) electrons. The van der Waals surface area contributed by atoms with Crippen LogP contribution in [-0.2, 0) is 6.42 Å². The van der Waals surface area contributed by atoms with Crippen LogP contribution >= 0.6 is 0 Å². The minimum atomic E-state index is 0.154. The van der Waals surface area contributed by atoms with Gasteiger partial charge < -0.3 is 9.47 Å². The van der Waals surface area contributed by atoms with Gasteiger partial charge in [-0.15, -0.1) is 13.0 Å². The lowest BCUT2D eigenvalue weighted by Gasteiger charge is -2.13. The number of carbonyl (C=O) groups is 1. The lowest BCUT2D eigenvalue weighted by molar-refractivity contribution is 0.112. The van der Waals surface area contributed by atoms with Crippen LogP contribution in [0.3, 0.4) is 0 Å². The van der Waals surface area contributed by atoms with Crippen molar-refractivity contribution in [1.82, 2.24) is 0 Å². The third-order valence-corrected chi connectivity index (χ3v) is 2.17. The number of benzene rings is 1. The Hall–Kier alpha value is -2.21. The number of rotatable bonds is 6. The van der Waals surface area contributed by atoms with E-state index in [1.807, 2.05) is 0 Å². The molecule has 1 aromatic rings. The van der Waals surface area contributed by atoms with Gasteiger partial charge in [-0.2, -0.15) is 0 Å². The minimum Gasteiger partial charge on any atom is -0.493 e. The Labute approximate surface area is 101 Å². The van der Waals surface area contributed by atoms with Crippen molar-refractivity contribution in [1.29, 1.82) is 0 Å². The van der Waals surface area contributed by atoms with Crippen molar-refractivity contribution in [2.24, 2.45) is 0 Å². The molecule has 17 heavy (non-hydrogen) atoms. The molecule has 0 amide bonds. The lowest BCUT2D eigenvalue weighted by Crippen LogP contribution is -2.01. The van der Waals surface area contributed by atoms with E-state index < -0.39 is 0 Å². The molecule has 0 saturated carbocycles. The Morgan fingerprint density at radius 3 is 2.82 bits per heavy atom. The topological polar surface area (TPSA) is 35.5 Å². The van der Waals surface area contributed by atoms with Crippen LogP contribution in [-0.4, -0.2) is 20.0 Å². The number of methoxy groups -OCH3 is 1. The zero-order valence-corrected chi connectivity index (χ0v) is 9.73. The summed E-state index contributed by atoms with van der Waals surface area (Å²) in [5.74, 6) is 3.46. The van der Waals surface area contributed by atoms with Gasteiger partial charge in [-0.3, -0.25) is 4.79 Å². The number of hydrogen-bond donors (Lipinski definition) is 0. The molecule has 0 atom stereocenters. The van der Waals surface area contributed by atoms with Crippen LogP contribution in [0, 0.1) is 12.3 Å². The molecule has 0 spiro atoms. The maximum Gasteiger partial charge on any atom is 0.166 e. The minimum absolute atomic E-state index is 0.154. The molecule has 0 aliphatic heterocycles. The Kier molecular flexibility index (Phi) is 4.83. The molecule has 3 heteroatoms. The van der Waals surface area contributed by atoms with Gasteiger partial charge in [0.1, 0.15) is 12.9 Å². The number of carbonyl (C=O) groups excluding carboxylic acids is 1. The van der Waals surface area contributed by atoms with Crippen LogP contribution in [0.5, 0.6) is 11.5 Å². The molecule has 0 saturated heterocycles. The summed E-state index contributed by atoms with van der Waals surface area (Å²) in [6, 6.07) is 3.36. The van der Waals surface area contributed by atoms with Gasteiger partial charge in [0.05, 0.1) is 7.11 Å². The van der Waals surface area contributed by atoms with Crippen LogP contribution < -0.4 is 9.47 Å². The van der Waals surface area contributed by atoms with Crippen molar-refractivity contribution in [3.05, 3.63) is 35.9 Å². The Morgan fingerprint density at radius 2 is 2.29 bits per heavy atom. The molecule has 0 unspecified atom stereocenters. The van der Waals surface area contributed by atoms with Crippen LogP contribution in [0.2, 0.25) is 0 Å². The Bertz CT molecular complexity index is 455. The summed E-state index contributed by atoms with van der Waals surface area (Å²) in [5.41, 5.74) is 1.36. The van der Waals surface area contributed by atoms with Gasteiger partial charge in [0.25, 0.3) is 0 Å². The van der Waals surface area contributed by atoms with E-state index >= 15 is 0 Å². The summed E-state index contributed by atoms with van der Waals surface area (Å²) < 4.78 is 10.6. The van der Waals surface area contributed by atoms with Gasteiger partial charge in [0.15, 0.2) is 11.5 Å². The molecule has 1 rings (SSSR count). The van der Waals surface area contributed by atoms with Crippen molar-refractivity contribution in [2.75, 3.05) is 13.7 Å². The number of aldehydes is 1. The fourth-order valence-electron chi connectivity index (χ4n) is 1.49. The molecule has 0 heterocycles. The van der Waals surface area contributed by atoms with Gasteiger partial charge in [-0.1, -0.05) is 12.0 Å².